The lowest BCUT2D eigenvalue weighted by atomic mass is 9.93. The van der Waals surface area contributed by atoms with Crippen LogP contribution in [0.3, 0.4) is 0 Å². The summed E-state index contributed by atoms with van der Waals surface area (Å²) in [4.78, 5) is 11.7. The molecule has 1 aromatic carbocycles. The van der Waals surface area contributed by atoms with E-state index in [4.69, 9.17) is 4.74 Å². The molecule has 0 spiro atoms. The highest BCUT2D eigenvalue weighted by atomic mass is 19.4. The lowest BCUT2D eigenvalue weighted by Crippen LogP contribution is -2.24. The van der Waals surface area contributed by atoms with Crippen LogP contribution in [0.15, 0.2) is 24.3 Å². The fourth-order valence-corrected chi connectivity index (χ4v) is 1.87. The zero-order chi connectivity index (χ0) is 15.3. The monoisotopic (exact) mass is 290 g/mol. The summed E-state index contributed by atoms with van der Waals surface area (Å²) in [5.74, 6) is -1.34. The number of alkyl halides is 3. The molecule has 0 aliphatic heterocycles. The van der Waals surface area contributed by atoms with Gasteiger partial charge in [-0.2, -0.15) is 13.2 Å². The molecule has 0 aromatic heterocycles. The molecule has 2 unspecified atom stereocenters. The summed E-state index contributed by atoms with van der Waals surface area (Å²) in [5, 5.41) is 10.1. The molecular formula is C14H17F3O3. The third kappa shape index (κ3) is 3.96. The Morgan fingerprint density at radius 1 is 1.25 bits per heavy atom. The fraction of sp³-hybridized carbons (Fsp3) is 0.500. The van der Waals surface area contributed by atoms with Crippen molar-refractivity contribution < 1.29 is 27.8 Å². The van der Waals surface area contributed by atoms with E-state index in [1.807, 2.05) is 0 Å². The summed E-state index contributed by atoms with van der Waals surface area (Å²) < 4.78 is 42.1. The molecule has 20 heavy (non-hydrogen) atoms. The van der Waals surface area contributed by atoms with Crippen LogP contribution >= 0.6 is 0 Å². The molecule has 0 aliphatic rings. The van der Waals surface area contributed by atoms with Crippen molar-refractivity contribution in [3.05, 3.63) is 35.4 Å². The Morgan fingerprint density at radius 2 is 1.80 bits per heavy atom. The number of hydrogen-bond donors (Lipinski definition) is 1. The van der Waals surface area contributed by atoms with Gasteiger partial charge in [-0.05, 0) is 31.0 Å². The van der Waals surface area contributed by atoms with Crippen molar-refractivity contribution >= 4 is 5.97 Å². The number of halogens is 3. The lowest BCUT2D eigenvalue weighted by Gasteiger charge is -2.20. The van der Waals surface area contributed by atoms with Crippen LogP contribution in [0.4, 0.5) is 13.2 Å². The number of hydrogen-bond acceptors (Lipinski definition) is 3. The number of aliphatic hydroxyl groups excluding tert-OH is 1. The Labute approximate surface area is 115 Å². The first-order valence-electron chi connectivity index (χ1n) is 6.33. The smallest absolute Gasteiger partial charge is 0.416 e. The number of carbonyl (C=O) groups is 1. The van der Waals surface area contributed by atoms with E-state index in [1.54, 1.807) is 13.8 Å². The van der Waals surface area contributed by atoms with Crippen molar-refractivity contribution in [3.63, 3.8) is 0 Å². The van der Waals surface area contributed by atoms with Crippen molar-refractivity contribution in [2.75, 3.05) is 6.61 Å². The number of esters is 1. The van der Waals surface area contributed by atoms with Crippen LogP contribution in [0.1, 0.15) is 37.5 Å². The summed E-state index contributed by atoms with van der Waals surface area (Å²) in [6, 6.07) is 4.12. The fourth-order valence-electron chi connectivity index (χ4n) is 1.87. The van der Waals surface area contributed by atoms with E-state index in [1.165, 1.54) is 12.1 Å². The van der Waals surface area contributed by atoms with Crippen LogP contribution in [-0.2, 0) is 15.7 Å². The highest BCUT2D eigenvalue weighted by molar-refractivity contribution is 5.73. The van der Waals surface area contributed by atoms with Gasteiger partial charge in [0.1, 0.15) is 0 Å². The van der Waals surface area contributed by atoms with Gasteiger partial charge in [0.15, 0.2) is 0 Å². The van der Waals surface area contributed by atoms with E-state index in [2.05, 4.69) is 0 Å². The average molecular weight is 290 g/mol. The molecule has 0 saturated heterocycles. The number of carbonyl (C=O) groups excluding carboxylic acids is 1. The van der Waals surface area contributed by atoms with E-state index >= 15 is 0 Å². The minimum Gasteiger partial charge on any atom is -0.466 e. The Morgan fingerprint density at radius 3 is 2.20 bits per heavy atom. The minimum atomic E-state index is -4.42. The molecule has 1 rings (SSSR count). The molecule has 0 amide bonds. The van der Waals surface area contributed by atoms with E-state index < -0.39 is 29.7 Å². The maximum atomic E-state index is 12.4. The van der Waals surface area contributed by atoms with Crippen LogP contribution < -0.4 is 0 Å². The lowest BCUT2D eigenvalue weighted by molar-refractivity contribution is -0.152. The normalized spacial score (nSPS) is 14.7. The largest absolute Gasteiger partial charge is 0.466 e. The molecular weight excluding hydrogens is 273 g/mol. The predicted molar refractivity (Wildman–Crippen MR) is 66.8 cm³/mol. The van der Waals surface area contributed by atoms with Gasteiger partial charge in [-0.1, -0.05) is 19.1 Å². The van der Waals surface area contributed by atoms with Gasteiger partial charge in [0, 0.05) is 0 Å². The molecule has 0 saturated carbocycles. The number of rotatable bonds is 5. The number of ether oxygens (including phenoxy) is 1. The van der Waals surface area contributed by atoms with Crippen molar-refractivity contribution in [2.45, 2.75) is 32.5 Å². The Hall–Kier alpha value is -1.56. The van der Waals surface area contributed by atoms with Gasteiger partial charge in [0.25, 0.3) is 0 Å². The molecule has 0 fully saturated rings. The van der Waals surface area contributed by atoms with Gasteiger partial charge >= 0.3 is 12.1 Å². The summed E-state index contributed by atoms with van der Waals surface area (Å²) >= 11 is 0. The van der Waals surface area contributed by atoms with Gasteiger partial charge in [-0.15, -0.1) is 0 Å². The van der Waals surface area contributed by atoms with Crippen LogP contribution in [0.25, 0.3) is 0 Å². The molecule has 3 nitrogen and oxygen atoms in total. The zero-order valence-corrected chi connectivity index (χ0v) is 11.3. The number of benzene rings is 1. The van der Waals surface area contributed by atoms with Crippen LogP contribution in [0, 0.1) is 5.92 Å². The summed E-state index contributed by atoms with van der Waals surface area (Å²) in [6.45, 7) is 3.54. The average Bonchev–Trinajstić information content (AvgIpc) is 2.39. The van der Waals surface area contributed by atoms with Crippen molar-refractivity contribution in [2.24, 2.45) is 5.92 Å². The highest BCUT2D eigenvalue weighted by Crippen LogP contribution is 2.31. The van der Waals surface area contributed by atoms with Crippen LogP contribution in [0.2, 0.25) is 0 Å². The van der Waals surface area contributed by atoms with Crippen molar-refractivity contribution in [1.82, 2.24) is 0 Å². The van der Waals surface area contributed by atoms with Gasteiger partial charge in [0.05, 0.1) is 24.2 Å². The van der Waals surface area contributed by atoms with Gasteiger partial charge in [-0.3, -0.25) is 4.79 Å². The maximum Gasteiger partial charge on any atom is 0.416 e. The first kappa shape index (κ1) is 16.5. The SMILES string of the molecule is CCOC(=O)C(CC)C(O)c1ccc(C(F)(F)F)cc1. The standard InChI is InChI=1S/C14H17F3O3/c1-3-11(13(19)20-4-2)12(18)9-5-7-10(8-6-9)14(15,16)17/h5-8,11-12,18H,3-4H2,1-2H3. The molecule has 0 radical (unpaired) electrons. The third-order valence-electron chi connectivity index (χ3n) is 2.99. The van der Waals surface area contributed by atoms with E-state index in [9.17, 15) is 23.1 Å². The van der Waals surface area contributed by atoms with Gasteiger partial charge in [-0.25, -0.2) is 0 Å². The third-order valence-corrected chi connectivity index (χ3v) is 2.99. The molecule has 0 heterocycles. The first-order valence-corrected chi connectivity index (χ1v) is 6.33. The molecule has 1 N–H and O–H groups in total. The topological polar surface area (TPSA) is 46.5 Å². The number of aliphatic hydroxyl groups is 1. The molecule has 6 heteroatoms. The van der Waals surface area contributed by atoms with Crippen LogP contribution in [0.5, 0.6) is 0 Å². The second-order valence-electron chi connectivity index (χ2n) is 4.33. The van der Waals surface area contributed by atoms with E-state index in [-0.39, 0.29) is 12.2 Å². The van der Waals surface area contributed by atoms with Crippen molar-refractivity contribution in [1.29, 1.82) is 0 Å². The second kappa shape index (κ2) is 6.74. The predicted octanol–water partition coefficient (Wildman–Crippen LogP) is 3.33. The first-order chi connectivity index (χ1) is 9.31. The van der Waals surface area contributed by atoms with Gasteiger partial charge < -0.3 is 9.84 Å². The Bertz CT molecular complexity index is 440. The van der Waals surface area contributed by atoms with Gasteiger partial charge in [0.2, 0.25) is 0 Å². The minimum absolute atomic E-state index is 0.190. The maximum absolute atomic E-state index is 12.4. The van der Waals surface area contributed by atoms with Crippen LogP contribution in [-0.4, -0.2) is 17.7 Å². The van der Waals surface area contributed by atoms with Crippen molar-refractivity contribution in [3.8, 4) is 0 Å². The molecule has 1 aromatic rings. The molecule has 0 bridgehead atoms. The summed E-state index contributed by atoms with van der Waals surface area (Å²) in [6.07, 6.45) is -5.27. The highest BCUT2D eigenvalue weighted by Gasteiger charge is 2.31. The van der Waals surface area contributed by atoms with E-state index in [0.29, 0.717) is 6.42 Å². The van der Waals surface area contributed by atoms with E-state index in [0.717, 1.165) is 12.1 Å². The molecule has 112 valence electrons. The zero-order valence-electron chi connectivity index (χ0n) is 11.3. The second-order valence-corrected chi connectivity index (χ2v) is 4.33. The molecule has 0 aliphatic carbocycles. The summed E-state index contributed by atoms with van der Waals surface area (Å²) in [5.41, 5.74) is -0.532. The summed E-state index contributed by atoms with van der Waals surface area (Å²) in [7, 11) is 0. The Balaban J connectivity index is 2.90. The quantitative estimate of drug-likeness (QED) is 0.846. The molecule has 2 atom stereocenters. The Kier molecular flexibility index (Phi) is 5.56.